The van der Waals surface area contributed by atoms with Crippen molar-refractivity contribution < 1.29 is 0 Å². The third kappa shape index (κ3) is 1.78. The van der Waals surface area contributed by atoms with Crippen molar-refractivity contribution in [1.82, 2.24) is 15.2 Å². The number of nitrogens with one attached hydrogen (secondary N) is 1. The molecule has 0 amide bonds. The highest BCUT2D eigenvalue weighted by molar-refractivity contribution is 9.10. The van der Waals surface area contributed by atoms with Crippen LogP contribution in [0.25, 0.3) is 0 Å². The Morgan fingerprint density at radius 2 is 2.44 bits per heavy atom. The van der Waals surface area contributed by atoms with Crippen molar-refractivity contribution in [2.75, 3.05) is 0 Å². The van der Waals surface area contributed by atoms with Crippen LogP contribution in [0.1, 0.15) is 19.2 Å². The second-order valence-electron chi connectivity index (χ2n) is 1.80. The Kier molecular flexibility index (Phi) is 2.22. The first-order chi connectivity index (χ1) is 4.33. The van der Waals surface area contributed by atoms with Gasteiger partial charge in [0.15, 0.2) is 0 Å². The lowest BCUT2D eigenvalue weighted by atomic mass is 10.3. The molecule has 1 heterocycles. The van der Waals surface area contributed by atoms with Gasteiger partial charge in [0.2, 0.25) is 4.73 Å². The van der Waals surface area contributed by atoms with E-state index in [2.05, 4.69) is 38.0 Å². The van der Waals surface area contributed by atoms with Gasteiger partial charge in [-0.3, -0.25) is 5.10 Å². The molecule has 0 aliphatic heterocycles. The summed E-state index contributed by atoms with van der Waals surface area (Å²) in [5.41, 5.74) is 0. The molecule has 1 aromatic rings. The second kappa shape index (κ2) is 2.96. The zero-order valence-corrected chi connectivity index (χ0v) is 6.77. The second-order valence-corrected chi connectivity index (χ2v) is 2.51. The molecule has 0 saturated carbocycles. The maximum Gasteiger partial charge on any atom is 0.217 e. The van der Waals surface area contributed by atoms with Crippen LogP contribution in [0.15, 0.2) is 4.73 Å². The lowest BCUT2D eigenvalue weighted by molar-refractivity contribution is 0.841. The van der Waals surface area contributed by atoms with Gasteiger partial charge >= 0.3 is 0 Å². The molecule has 0 saturated heterocycles. The summed E-state index contributed by atoms with van der Waals surface area (Å²) in [5.74, 6) is 0.948. The Morgan fingerprint density at radius 1 is 1.67 bits per heavy atom. The molecule has 0 aromatic carbocycles. The van der Waals surface area contributed by atoms with Crippen LogP contribution in [-0.4, -0.2) is 15.2 Å². The maximum absolute atomic E-state index is 4.05. The van der Waals surface area contributed by atoms with Crippen LogP contribution in [0.4, 0.5) is 0 Å². The minimum Gasteiger partial charge on any atom is -0.262 e. The first kappa shape index (κ1) is 6.74. The number of aromatic nitrogens is 3. The monoisotopic (exact) mass is 189 g/mol. The maximum atomic E-state index is 4.05. The summed E-state index contributed by atoms with van der Waals surface area (Å²) in [6.45, 7) is 2.11. The van der Waals surface area contributed by atoms with Gasteiger partial charge in [0.1, 0.15) is 5.82 Å². The van der Waals surface area contributed by atoms with E-state index in [9.17, 15) is 0 Å². The minimum absolute atomic E-state index is 0.644. The molecule has 3 nitrogen and oxygen atoms in total. The molecule has 50 valence electrons. The SMILES string of the molecule is CCCc1nc(Br)n[nH]1. The number of rotatable bonds is 2. The number of nitrogens with zero attached hydrogens (tertiary/aromatic N) is 2. The molecule has 0 unspecified atom stereocenters. The number of aromatic amines is 1. The van der Waals surface area contributed by atoms with Gasteiger partial charge < -0.3 is 0 Å². The lowest BCUT2D eigenvalue weighted by Gasteiger charge is -1.84. The van der Waals surface area contributed by atoms with Gasteiger partial charge in [-0.2, -0.15) is 0 Å². The number of hydrogen-bond acceptors (Lipinski definition) is 2. The van der Waals surface area contributed by atoms with E-state index in [1.165, 1.54) is 0 Å². The van der Waals surface area contributed by atoms with Gasteiger partial charge in [0.25, 0.3) is 0 Å². The van der Waals surface area contributed by atoms with Gasteiger partial charge in [0, 0.05) is 6.42 Å². The van der Waals surface area contributed by atoms with Gasteiger partial charge in [0.05, 0.1) is 0 Å². The highest BCUT2D eigenvalue weighted by atomic mass is 79.9. The van der Waals surface area contributed by atoms with Gasteiger partial charge in [-0.05, 0) is 22.4 Å². The quantitative estimate of drug-likeness (QED) is 0.767. The van der Waals surface area contributed by atoms with Crippen LogP contribution < -0.4 is 0 Å². The zero-order valence-electron chi connectivity index (χ0n) is 5.19. The summed E-state index contributed by atoms with van der Waals surface area (Å²) in [5, 5.41) is 6.61. The average Bonchev–Trinajstić information content (AvgIpc) is 2.17. The van der Waals surface area contributed by atoms with Gasteiger partial charge in [-0.25, -0.2) is 4.98 Å². The van der Waals surface area contributed by atoms with Crippen LogP contribution in [0.3, 0.4) is 0 Å². The fraction of sp³-hybridized carbons (Fsp3) is 0.600. The summed E-state index contributed by atoms with van der Waals surface area (Å²) in [6, 6.07) is 0. The number of halogens is 1. The average molecular weight is 190 g/mol. The third-order valence-electron chi connectivity index (χ3n) is 0.991. The number of hydrogen-bond donors (Lipinski definition) is 1. The summed E-state index contributed by atoms with van der Waals surface area (Å²) in [6.07, 6.45) is 2.07. The summed E-state index contributed by atoms with van der Waals surface area (Å²) < 4.78 is 0.644. The number of aryl methyl sites for hydroxylation is 1. The largest absolute Gasteiger partial charge is 0.262 e. The van der Waals surface area contributed by atoms with Crippen molar-refractivity contribution in [3.8, 4) is 0 Å². The molecule has 0 atom stereocenters. The summed E-state index contributed by atoms with van der Waals surface area (Å²) in [7, 11) is 0. The van der Waals surface area contributed by atoms with E-state index < -0.39 is 0 Å². The predicted molar refractivity (Wildman–Crippen MR) is 38.1 cm³/mol. The van der Waals surface area contributed by atoms with Crippen molar-refractivity contribution in [3.63, 3.8) is 0 Å². The van der Waals surface area contributed by atoms with Crippen molar-refractivity contribution in [2.24, 2.45) is 0 Å². The van der Waals surface area contributed by atoms with Crippen molar-refractivity contribution >= 4 is 15.9 Å². The highest BCUT2D eigenvalue weighted by Crippen LogP contribution is 2.01. The number of H-pyrrole nitrogens is 1. The van der Waals surface area contributed by atoms with Gasteiger partial charge in [-0.15, -0.1) is 5.10 Å². The van der Waals surface area contributed by atoms with E-state index in [0.29, 0.717) is 4.73 Å². The molecule has 0 fully saturated rings. The van der Waals surface area contributed by atoms with Crippen molar-refractivity contribution in [1.29, 1.82) is 0 Å². The van der Waals surface area contributed by atoms with Gasteiger partial charge in [-0.1, -0.05) is 6.92 Å². The molecule has 4 heteroatoms. The van der Waals surface area contributed by atoms with Crippen LogP contribution in [0.2, 0.25) is 0 Å². The fourth-order valence-electron chi connectivity index (χ4n) is 0.621. The molecule has 0 spiro atoms. The summed E-state index contributed by atoms with van der Waals surface area (Å²) >= 11 is 3.15. The third-order valence-corrected chi connectivity index (χ3v) is 1.35. The molecular weight excluding hydrogens is 182 g/mol. The Bertz CT molecular complexity index is 184. The molecule has 9 heavy (non-hydrogen) atoms. The summed E-state index contributed by atoms with van der Waals surface area (Å²) in [4.78, 5) is 4.05. The first-order valence-corrected chi connectivity index (χ1v) is 3.69. The van der Waals surface area contributed by atoms with E-state index >= 15 is 0 Å². The fourth-order valence-corrected chi connectivity index (χ4v) is 0.923. The molecule has 1 aromatic heterocycles. The van der Waals surface area contributed by atoms with E-state index in [1.54, 1.807) is 0 Å². The Hall–Kier alpha value is -0.380. The van der Waals surface area contributed by atoms with E-state index in [-0.39, 0.29) is 0 Å². The van der Waals surface area contributed by atoms with Crippen LogP contribution >= 0.6 is 15.9 Å². The Morgan fingerprint density at radius 3 is 2.89 bits per heavy atom. The Balaban J connectivity index is 2.61. The normalized spacial score (nSPS) is 10.0. The van der Waals surface area contributed by atoms with Crippen LogP contribution in [-0.2, 0) is 6.42 Å². The van der Waals surface area contributed by atoms with Crippen molar-refractivity contribution in [2.45, 2.75) is 19.8 Å². The minimum atomic E-state index is 0.644. The smallest absolute Gasteiger partial charge is 0.217 e. The van der Waals surface area contributed by atoms with Crippen LogP contribution in [0, 0.1) is 0 Å². The molecule has 1 N–H and O–H groups in total. The Labute approximate surface area is 62.0 Å². The lowest BCUT2D eigenvalue weighted by Crippen LogP contribution is -1.84. The van der Waals surface area contributed by atoms with E-state index in [1.807, 2.05) is 0 Å². The molecule has 0 radical (unpaired) electrons. The van der Waals surface area contributed by atoms with Crippen LogP contribution in [0.5, 0.6) is 0 Å². The predicted octanol–water partition coefficient (Wildman–Crippen LogP) is 1.52. The molecule has 1 rings (SSSR count). The first-order valence-electron chi connectivity index (χ1n) is 2.89. The highest BCUT2D eigenvalue weighted by Gasteiger charge is 1.95. The zero-order chi connectivity index (χ0) is 6.69. The standard InChI is InChI=1S/C5H8BrN3/c1-2-3-4-7-5(6)9-8-4/h2-3H2,1H3,(H,7,8,9). The van der Waals surface area contributed by atoms with E-state index in [0.717, 1.165) is 18.7 Å². The molecule has 0 aliphatic rings. The molecule has 0 aliphatic carbocycles. The molecular formula is C5H8BrN3. The van der Waals surface area contributed by atoms with Crippen molar-refractivity contribution in [3.05, 3.63) is 10.6 Å². The molecule has 0 bridgehead atoms. The topological polar surface area (TPSA) is 41.6 Å². The van der Waals surface area contributed by atoms with E-state index in [4.69, 9.17) is 0 Å².